The van der Waals surface area contributed by atoms with Crippen LogP contribution < -0.4 is 10.2 Å². The molecule has 36 heavy (non-hydrogen) atoms. The lowest BCUT2D eigenvalue weighted by atomic mass is 9.87. The van der Waals surface area contributed by atoms with Gasteiger partial charge in [0.25, 0.3) is 11.8 Å². The van der Waals surface area contributed by atoms with Crippen LogP contribution in [-0.4, -0.2) is 21.1 Å². The van der Waals surface area contributed by atoms with E-state index < -0.39 is 0 Å². The number of aryl methyl sites for hydroxylation is 1. The fourth-order valence-electron chi connectivity index (χ4n) is 3.51. The maximum atomic E-state index is 12.9. The molecule has 1 saturated heterocycles. The molecule has 1 fully saturated rings. The third-order valence-corrected chi connectivity index (χ3v) is 7.03. The Morgan fingerprint density at radius 1 is 1.00 bits per heavy atom. The van der Waals surface area contributed by atoms with Crippen molar-refractivity contribution in [2.45, 2.75) is 39.7 Å². The number of benzene rings is 3. The van der Waals surface area contributed by atoms with Crippen LogP contribution in [0.4, 0.5) is 0 Å². The van der Waals surface area contributed by atoms with E-state index in [1.165, 1.54) is 5.56 Å². The smallest absolute Gasteiger partial charge is 0.285 e. The number of hydrogen-bond acceptors (Lipinski definition) is 5. The summed E-state index contributed by atoms with van der Waals surface area (Å²) in [5, 5.41) is 1.12. The number of nitrogens with one attached hydrogen (secondary N) is 1. The molecule has 0 spiro atoms. The standard InChI is InChI=1S/C29H28N2O3S2/c1-19-5-11-22(12-6-19)26(32)30-31-27(33)25(36-28(31)35)17-20-9-15-24(16-10-20)34-18-21-7-13-23(14-8-21)29(2,3)4/h5-17H,18H2,1-4H3,(H,30,32)/b25-17+. The summed E-state index contributed by atoms with van der Waals surface area (Å²) in [4.78, 5) is 25.8. The van der Waals surface area contributed by atoms with E-state index in [0.717, 1.165) is 39.2 Å². The molecule has 0 atom stereocenters. The van der Waals surface area contributed by atoms with E-state index in [1.807, 2.05) is 43.3 Å². The van der Waals surface area contributed by atoms with Gasteiger partial charge in [0.05, 0.1) is 4.91 Å². The highest BCUT2D eigenvalue weighted by atomic mass is 32.2. The first kappa shape index (κ1) is 25.7. The molecule has 0 aliphatic carbocycles. The maximum Gasteiger partial charge on any atom is 0.285 e. The van der Waals surface area contributed by atoms with E-state index in [0.29, 0.717) is 17.1 Å². The van der Waals surface area contributed by atoms with E-state index >= 15 is 0 Å². The molecule has 1 heterocycles. The Bertz CT molecular complexity index is 1310. The molecule has 1 aliphatic rings. The third kappa shape index (κ3) is 6.22. The molecule has 3 aromatic carbocycles. The van der Waals surface area contributed by atoms with Gasteiger partial charge in [-0.3, -0.25) is 15.0 Å². The van der Waals surface area contributed by atoms with E-state index in [1.54, 1.807) is 18.2 Å². The second kappa shape index (κ2) is 10.7. The Balaban J connectivity index is 1.36. The fourth-order valence-corrected chi connectivity index (χ4v) is 4.69. The van der Waals surface area contributed by atoms with Crippen LogP contribution in [0.5, 0.6) is 5.75 Å². The summed E-state index contributed by atoms with van der Waals surface area (Å²) in [5.41, 5.74) is 7.45. The van der Waals surface area contributed by atoms with Crippen LogP contribution in [-0.2, 0) is 16.8 Å². The van der Waals surface area contributed by atoms with E-state index in [4.69, 9.17) is 17.0 Å². The molecule has 0 unspecified atom stereocenters. The molecular formula is C29H28N2O3S2. The van der Waals surface area contributed by atoms with Gasteiger partial charge in [-0.05, 0) is 71.6 Å². The number of hydrogen-bond donors (Lipinski definition) is 1. The zero-order chi connectivity index (χ0) is 25.9. The van der Waals surface area contributed by atoms with Crippen LogP contribution in [0.1, 0.15) is 53.4 Å². The first-order chi connectivity index (χ1) is 17.1. The first-order valence-electron chi connectivity index (χ1n) is 11.6. The number of rotatable bonds is 6. The van der Waals surface area contributed by atoms with E-state index in [-0.39, 0.29) is 21.5 Å². The second-order valence-corrected chi connectivity index (χ2v) is 11.3. The summed E-state index contributed by atoms with van der Waals surface area (Å²) in [6.07, 6.45) is 1.76. The Hall–Kier alpha value is -3.42. The highest BCUT2D eigenvalue weighted by Crippen LogP contribution is 2.32. The summed E-state index contributed by atoms with van der Waals surface area (Å²) in [6, 6.07) is 23.1. The lowest BCUT2D eigenvalue weighted by Crippen LogP contribution is -2.44. The number of carbonyl (C=O) groups is 2. The molecule has 1 aliphatic heterocycles. The molecule has 0 aromatic heterocycles. The topological polar surface area (TPSA) is 58.6 Å². The van der Waals surface area contributed by atoms with E-state index in [9.17, 15) is 9.59 Å². The van der Waals surface area contributed by atoms with Crippen molar-refractivity contribution in [3.63, 3.8) is 0 Å². The average Bonchev–Trinajstić information content (AvgIpc) is 3.11. The van der Waals surface area contributed by atoms with Gasteiger partial charge in [0, 0.05) is 5.56 Å². The summed E-state index contributed by atoms with van der Waals surface area (Å²) in [5.74, 6) is -0.00320. The predicted molar refractivity (Wildman–Crippen MR) is 150 cm³/mol. The van der Waals surface area contributed by atoms with Gasteiger partial charge in [-0.15, -0.1) is 0 Å². The second-order valence-electron chi connectivity index (χ2n) is 9.63. The van der Waals surface area contributed by atoms with Crippen molar-refractivity contribution >= 4 is 46.2 Å². The fraction of sp³-hybridized carbons (Fsp3) is 0.207. The van der Waals surface area contributed by atoms with Gasteiger partial charge in [-0.25, -0.2) is 0 Å². The largest absolute Gasteiger partial charge is 0.489 e. The van der Waals surface area contributed by atoms with Crippen LogP contribution in [0, 0.1) is 6.92 Å². The minimum Gasteiger partial charge on any atom is -0.489 e. The van der Waals surface area contributed by atoms with Crippen LogP contribution in [0.2, 0.25) is 0 Å². The molecule has 7 heteroatoms. The number of ether oxygens (including phenoxy) is 1. The average molecular weight is 517 g/mol. The molecule has 0 saturated carbocycles. The number of amides is 2. The highest BCUT2D eigenvalue weighted by Gasteiger charge is 2.33. The summed E-state index contributed by atoms with van der Waals surface area (Å²) in [6.45, 7) is 9.00. The SMILES string of the molecule is Cc1ccc(C(=O)NN2C(=O)/C(=C\c3ccc(OCc4ccc(C(C)(C)C)cc4)cc3)SC2=S)cc1. The summed E-state index contributed by atoms with van der Waals surface area (Å²) < 4.78 is 6.20. The Kier molecular flexibility index (Phi) is 7.62. The lowest BCUT2D eigenvalue weighted by molar-refractivity contribution is -0.123. The van der Waals surface area contributed by atoms with Crippen LogP contribution in [0.25, 0.3) is 6.08 Å². The molecular weight excluding hydrogens is 488 g/mol. The summed E-state index contributed by atoms with van der Waals surface area (Å²) in [7, 11) is 0. The zero-order valence-corrected chi connectivity index (χ0v) is 22.3. The third-order valence-electron chi connectivity index (χ3n) is 5.72. The first-order valence-corrected chi connectivity index (χ1v) is 12.8. The van der Waals surface area contributed by atoms with Crippen LogP contribution >= 0.6 is 24.0 Å². The monoisotopic (exact) mass is 516 g/mol. The molecule has 1 N–H and O–H groups in total. The van der Waals surface area contributed by atoms with Gasteiger partial charge in [-0.1, -0.05) is 86.6 Å². The Labute approximate surface area is 221 Å². The van der Waals surface area contributed by atoms with Gasteiger partial charge >= 0.3 is 0 Å². The number of thioether (sulfide) groups is 1. The van der Waals surface area contributed by atoms with Crippen molar-refractivity contribution in [2.24, 2.45) is 0 Å². The van der Waals surface area contributed by atoms with Gasteiger partial charge in [0.2, 0.25) is 0 Å². The number of nitrogens with zero attached hydrogens (tertiary/aromatic N) is 1. The normalized spacial score (nSPS) is 14.9. The van der Waals surface area contributed by atoms with Gasteiger partial charge < -0.3 is 4.74 Å². The minimum atomic E-state index is -0.387. The quantitative estimate of drug-likeness (QED) is 0.303. The lowest BCUT2D eigenvalue weighted by Gasteiger charge is -2.19. The van der Waals surface area contributed by atoms with Gasteiger partial charge in [0.1, 0.15) is 12.4 Å². The zero-order valence-electron chi connectivity index (χ0n) is 20.7. The van der Waals surface area contributed by atoms with Crippen LogP contribution in [0.3, 0.4) is 0 Å². The Morgan fingerprint density at radius 3 is 2.25 bits per heavy atom. The Morgan fingerprint density at radius 2 is 1.64 bits per heavy atom. The van der Waals surface area contributed by atoms with Crippen molar-refractivity contribution in [3.8, 4) is 5.75 Å². The van der Waals surface area contributed by atoms with Gasteiger partial charge in [-0.2, -0.15) is 5.01 Å². The molecule has 0 radical (unpaired) electrons. The van der Waals surface area contributed by atoms with Crippen molar-refractivity contribution in [1.29, 1.82) is 0 Å². The van der Waals surface area contributed by atoms with E-state index in [2.05, 4.69) is 50.5 Å². The van der Waals surface area contributed by atoms with Crippen LogP contribution in [0.15, 0.2) is 77.7 Å². The molecule has 0 bridgehead atoms. The minimum absolute atomic E-state index is 0.121. The van der Waals surface area contributed by atoms with Crippen molar-refractivity contribution in [1.82, 2.24) is 10.4 Å². The predicted octanol–water partition coefficient (Wildman–Crippen LogP) is 6.42. The van der Waals surface area contributed by atoms with Gasteiger partial charge in [0.15, 0.2) is 4.32 Å². The van der Waals surface area contributed by atoms with Crippen molar-refractivity contribution in [2.75, 3.05) is 0 Å². The van der Waals surface area contributed by atoms with Crippen molar-refractivity contribution in [3.05, 3.63) is 106 Å². The molecule has 5 nitrogen and oxygen atoms in total. The number of hydrazine groups is 1. The summed E-state index contributed by atoms with van der Waals surface area (Å²) >= 11 is 6.48. The molecule has 184 valence electrons. The molecule has 2 amide bonds. The van der Waals surface area contributed by atoms with Crippen molar-refractivity contribution < 1.29 is 14.3 Å². The highest BCUT2D eigenvalue weighted by molar-refractivity contribution is 8.26. The molecule has 4 rings (SSSR count). The number of thiocarbonyl (C=S) groups is 1. The maximum absolute atomic E-state index is 12.9. The molecule has 3 aromatic rings. The number of carbonyl (C=O) groups excluding carboxylic acids is 2.